The highest BCUT2D eigenvalue weighted by atomic mass is 16.5. The Labute approximate surface area is 189 Å². The Balaban J connectivity index is 1.54. The summed E-state index contributed by atoms with van der Waals surface area (Å²) < 4.78 is 18.3. The van der Waals surface area contributed by atoms with Gasteiger partial charge in [-0.1, -0.05) is 12.1 Å². The van der Waals surface area contributed by atoms with Crippen LogP contribution in [-0.4, -0.2) is 33.2 Å². The van der Waals surface area contributed by atoms with Gasteiger partial charge < -0.3 is 19.2 Å². The number of carbonyl (C=O) groups excluding carboxylic acids is 1. The molecule has 1 aliphatic heterocycles. The van der Waals surface area contributed by atoms with Gasteiger partial charge in [-0.3, -0.25) is 14.2 Å². The third-order valence-corrected chi connectivity index (χ3v) is 5.92. The van der Waals surface area contributed by atoms with E-state index in [0.29, 0.717) is 35.7 Å². The fourth-order valence-corrected chi connectivity index (χ4v) is 4.26. The van der Waals surface area contributed by atoms with E-state index in [2.05, 4.69) is 15.3 Å². The molecule has 9 heteroatoms. The number of furan rings is 1. The fraction of sp³-hybridized carbons (Fsp3) is 0.333. The van der Waals surface area contributed by atoms with E-state index in [1.54, 1.807) is 24.3 Å². The van der Waals surface area contributed by atoms with E-state index in [4.69, 9.17) is 13.9 Å². The van der Waals surface area contributed by atoms with Crippen molar-refractivity contribution in [2.24, 2.45) is 0 Å². The lowest BCUT2D eigenvalue weighted by Gasteiger charge is -2.32. The molecular weight excluding hydrogens is 424 g/mol. The molecule has 1 N–H and O–H groups in total. The first-order valence-electron chi connectivity index (χ1n) is 10.6. The zero-order valence-corrected chi connectivity index (χ0v) is 18.9. The van der Waals surface area contributed by atoms with Gasteiger partial charge >= 0.3 is 0 Å². The molecule has 1 aliphatic rings. The average Bonchev–Trinajstić information content (AvgIpc) is 3.14. The summed E-state index contributed by atoms with van der Waals surface area (Å²) in [6.07, 6.45) is 2.03. The van der Waals surface area contributed by atoms with Gasteiger partial charge in [-0.05, 0) is 38.5 Å². The molecule has 9 nitrogen and oxygen atoms in total. The number of methoxy groups -OCH3 is 1. The van der Waals surface area contributed by atoms with Gasteiger partial charge in [-0.25, -0.2) is 9.97 Å². The molecule has 1 amide bonds. The molecule has 170 valence electrons. The topological polar surface area (TPSA) is 108 Å². The Morgan fingerprint density at radius 1 is 1.27 bits per heavy atom. The van der Waals surface area contributed by atoms with E-state index in [9.17, 15) is 9.59 Å². The molecule has 3 aromatic heterocycles. The number of benzene rings is 1. The second-order valence-corrected chi connectivity index (χ2v) is 8.77. The molecule has 4 aromatic rings. The molecule has 33 heavy (non-hydrogen) atoms. The summed E-state index contributed by atoms with van der Waals surface area (Å²) in [5.74, 6) is 0.145. The molecule has 0 unspecified atom stereocenters. The van der Waals surface area contributed by atoms with E-state index < -0.39 is 5.56 Å². The van der Waals surface area contributed by atoms with Gasteiger partial charge in [0, 0.05) is 17.7 Å². The summed E-state index contributed by atoms with van der Waals surface area (Å²) in [5, 5.41) is 3.50. The number of carbonyl (C=O) groups is 1. The molecule has 0 bridgehead atoms. The summed E-state index contributed by atoms with van der Waals surface area (Å²) in [7, 11) is 1.52. The molecule has 5 rings (SSSR count). The van der Waals surface area contributed by atoms with Crippen LogP contribution in [0.3, 0.4) is 0 Å². The first-order valence-corrected chi connectivity index (χ1v) is 10.6. The van der Waals surface area contributed by atoms with Crippen molar-refractivity contribution in [1.29, 1.82) is 0 Å². The van der Waals surface area contributed by atoms with Crippen molar-refractivity contribution in [3.05, 3.63) is 57.8 Å². The summed E-state index contributed by atoms with van der Waals surface area (Å²) in [6.45, 7) is 6.19. The van der Waals surface area contributed by atoms with Crippen LogP contribution in [0.1, 0.15) is 30.7 Å². The Morgan fingerprint density at radius 3 is 2.85 bits per heavy atom. The van der Waals surface area contributed by atoms with Crippen molar-refractivity contribution in [1.82, 2.24) is 14.5 Å². The molecule has 1 aromatic carbocycles. The molecular formula is C24H24N4O5. The number of anilines is 1. The van der Waals surface area contributed by atoms with Gasteiger partial charge in [0.2, 0.25) is 17.2 Å². The lowest BCUT2D eigenvalue weighted by atomic mass is 9.89. The summed E-state index contributed by atoms with van der Waals surface area (Å²) in [4.78, 5) is 34.8. The molecule has 0 fully saturated rings. The van der Waals surface area contributed by atoms with Crippen molar-refractivity contribution in [2.45, 2.75) is 45.9 Å². The standard InChI is InChI=1S/C24H24N4O5/c1-13-15-11-32-24(2,3)9-14(15)19-20-21(33-22(19)26-13)23(30)28(12-25-20)10-18(29)27-16-7-5-6-8-17(16)31-4/h5-8,12H,9-11H2,1-4H3,(H,27,29). The van der Waals surface area contributed by atoms with Crippen molar-refractivity contribution in [2.75, 3.05) is 12.4 Å². The van der Waals surface area contributed by atoms with E-state index in [-0.39, 0.29) is 23.6 Å². The van der Waals surface area contributed by atoms with Gasteiger partial charge in [0.05, 0.1) is 36.7 Å². The first kappa shape index (κ1) is 21.1. The van der Waals surface area contributed by atoms with Crippen molar-refractivity contribution >= 4 is 33.8 Å². The quantitative estimate of drug-likeness (QED) is 0.510. The van der Waals surface area contributed by atoms with Gasteiger partial charge in [-0.15, -0.1) is 0 Å². The van der Waals surface area contributed by atoms with E-state index >= 15 is 0 Å². The highest BCUT2D eigenvalue weighted by molar-refractivity contribution is 6.03. The second kappa shape index (κ2) is 7.70. The zero-order chi connectivity index (χ0) is 23.3. The second-order valence-electron chi connectivity index (χ2n) is 8.77. The van der Waals surface area contributed by atoms with Crippen LogP contribution in [-0.2, 0) is 29.1 Å². The highest BCUT2D eigenvalue weighted by Crippen LogP contribution is 2.37. The maximum atomic E-state index is 13.2. The SMILES string of the molecule is COc1ccccc1NC(=O)Cn1cnc2c(oc3nc(C)c4c(c32)CC(C)(C)OC4)c1=O. The minimum Gasteiger partial charge on any atom is -0.495 e. The van der Waals surface area contributed by atoms with Crippen LogP contribution in [0.5, 0.6) is 5.75 Å². The lowest BCUT2D eigenvalue weighted by molar-refractivity contribution is -0.116. The maximum absolute atomic E-state index is 13.2. The lowest BCUT2D eigenvalue weighted by Crippen LogP contribution is -2.32. The maximum Gasteiger partial charge on any atom is 0.297 e. The minimum atomic E-state index is -0.439. The number of aryl methyl sites for hydroxylation is 1. The van der Waals surface area contributed by atoms with Crippen molar-refractivity contribution in [3.8, 4) is 5.75 Å². The molecule has 0 spiro atoms. The van der Waals surface area contributed by atoms with Crippen molar-refractivity contribution < 1.29 is 18.7 Å². The Bertz CT molecular complexity index is 1470. The molecule has 0 saturated carbocycles. The normalized spacial score (nSPS) is 14.9. The Kier molecular flexibility index (Phi) is 4.93. The third-order valence-electron chi connectivity index (χ3n) is 5.92. The molecule has 4 heterocycles. The Morgan fingerprint density at radius 2 is 2.06 bits per heavy atom. The van der Waals surface area contributed by atoms with E-state index in [1.165, 1.54) is 18.0 Å². The third kappa shape index (κ3) is 3.64. The van der Waals surface area contributed by atoms with Crippen LogP contribution in [0, 0.1) is 6.92 Å². The number of aromatic nitrogens is 3. The number of pyridine rings is 1. The van der Waals surface area contributed by atoms with Crippen LogP contribution in [0.4, 0.5) is 5.69 Å². The Hall–Kier alpha value is -3.72. The predicted octanol–water partition coefficient (Wildman–Crippen LogP) is 3.34. The van der Waals surface area contributed by atoms with Crippen LogP contribution >= 0.6 is 0 Å². The van der Waals surface area contributed by atoms with Gasteiger partial charge in [0.1, 0.15) is 17.8 Å². The van der Waals surface area contributed by atoms with Crippen molar-refractivity contribution in [3.63, 3.8) is 0 Å². The summed E-state index contributed by atoms with van der Waals surface area (Å²) >= 11 is 0. The van der Waals surface area contributed by atoms with E-state index in [1.807, 2.05) is 20.8 Å². The monoisotopic (exact) mass is 448 g/mol. The van der Waals surface area contributed by atoms with Gasteiger partial charge in [0.15, 0.2) is 0 Å². The number of hydrogen-bond donors (Lipinski definition) is 1. The van der Waals surface area contributed by atoms with Crippen LogP contribution in [0.15, 0.2) is 39.8 Å². The van der Waals surface area contributed by atoms with Crippen LogP contribution < -0.4 is 15.6 Å². The van der Waals surface area contributed by atoms with Crippen LogP contribution in [0.2, 0.25) is 0 Å². The number of hydrogen-bond acceptors (Lipinski definition) is 7. The number of rotatable bonds is 4. The number of fused-ring (bicyclic) bond motifs is 5. The van der Waals surface area contributed by atoms with Gasteiger partial charge in [-0.2, -0.15) is 0 Å². The molecule has 0 atom stereocenters. The van der Waals surface area contributed by atoms with Crippen LogP contribution in [0.25, 0.3) is 22.2 Å². The number of nitrogens with one attached hydrogen (secondary N) is 1. The summed E-state index contributed by atoms with van der Waals surface area (Å²) in [6, 6.07) is 7.06. The fourth-order valence-electron chi connectivity index (χ4n) is 4.26. The number of nitrogens with zero attached hydrogens (tertiary/aromatic N) is 3. The van der Waals surface area contributed by atoms with Gasteiger partial charge in [0.25, 0.3) is 5.56 Å². The predicted molar refractivity (Wildman–Crippen MR) is 123 cm³/mol. The van der Waals surface area contributed by atoms with E-state index in [0.717, 1.165) is 22.2 Å². The molecule has 0 aliphatic carbocycles. The molecule has 0 saturated heterocycles. The zero-order valence-electron chi connectivity index (χ0n) is 18.9. The molecule has 0 radical (unpaired) electrons. The first-order chi connectivity index (χ1) is 15.8. The average molecular weight is 448 g/mol. The smallest absolute Gasteiger partial charge is 0.297 e. The summed E-state index contributed by atoms with van der Waals surface area (Å²) in [5.41, 5.74) is 3.52. The number of ether oxygens (including phenoxy) is 2. The number of amides is 1. The highest BCUT2D eigenvalue weighted by Gasteiger charge is 2.31. The number of para-hydroxylation sites is 2. The largest absolute Gasteiger partial charge is 0.495 e. The minimum absolute atomic E-state index is 0.0854.